The van der Waals surface area contributed by atoms with E-state index in [1.165, 1.54) is 4.90 Å². The van der Waals surface area contributed by atoms with Gasteiger partial charge in [-0.05, 0) is 37.5 Å². The van der Waals surface area contributed by atoms with E-state index in [1.54, 1.807) is 49.5 Å². The lowest BCUT2D eigenvalue weighted by molar-refractivity contribution is -0.150. The second-order valence-electron chi connectivity index (χ2n) is 7.89. The maximum absolute atomic E-state index is 13.1. The summed E-state index contributed by atoms with van der Waals surface area (Å²) in [5.41, 5.74) is 0.218. The summed E-state index contributed by atoms with van der Waals surface area (Å²) in [7, 11) is 1.57. The maximum atomic E-state index is 13.1. The van der Waals surface area contributed by atoms with Crippen LogP contribution in [0.15, 0.2) is 60.7 Å². The van der Waals surface area contributed by atoms with Crippen molar-refractivity contribution in [1.29, 1.82) is 0 Å². The fourth-order valence-electron chi connectivity index (χ4n) is 4.32. The lowest BCUT2D eigenvalue weighted by Gasteiger charge is -2.43. The Morgan fingerprint density at radius 3 is 2.59 bits per heavy atom. The number of hydrogen-bond acceptors (Lipinski definition) is 5. The minimum Gasteiger partial charge on any atom is -0.451 e. The van der Waals surface area contributed by atoms with E-state index in [0.717, 1.165) is 18.2 Å². The number of fused-ring (bicyclic) bond motifs is 1. The van der Waals surface area contributed by atoms with Crippen LogP contribution in [0.5, 0.6) is 0 Å². The van der Waals surface area contributed by atoms with E-state index in [9.17, 15) is 14.4 Å². The van der Waals surface area contributed by atoms with Gasteiger partial charge in [0.1, 0.15) is 11.2 Å². The van der Waals surface area contributed by atoms with Crippen molar-refractivity contribution in [3.63, 3.8) is 0 Å². The summed E-state index contributed by atoms with van der Waals surface area (Å²) in [6, 6.07) is 17.8. The van der Waals surface area contributed by atoms with Crippen molar-refractivity contribution in [2.45, 2.75) is 31.2 Å². The molecular formula is C25H23ClN2O4. The third-order valence-electron chi connectivity index (χ3n) is 6.05. The number of hydrogen-bond donors (Lipinski definition) is 0. The molecule has 0 N–H and O–H groups in total. The quantitative estimate of drug-likeness (QED) is 0.533. The van der Waals surface area contributed by atoms with Crippen LogP contribution in [0, 0.1) is 0 Å². The highest BCUT2D eigenvalue weighted by molar-refractivity contribution is 6.31. The Hall–Kier alpha value is -3.25. The minimum atomic E-state index is -1.17. The van der Waals surface area contributed by atoms with Crippen LogP contribution in [-0.2, 0) is 19.9 Å². The molecule has 0 unspecified atom stereocenters. The number of likely N-dealkylation sites (N-methyl/N-ethyl adjacent to an activating group) is 1. The van der Waals surface area contributed by atoms with Gasteiger partial charge in [-0.3, -0.25) is 9.59 Å². The van der Waals surface area contributed by atoms with Gasteiger partial charge in [0.25, 0.3) is 5.91 Å². The summed E-state index contributed by atoms with van der Waals surface area (Å²) < 4.78 is 5.26. The zero-order valence-corrected chi connectivity index (χ0v) is 18.5. The molecule has 0 aliphatic heterocycles. The summed E-state index contributed by atoms with van der Waals surface area (Å²) in [5, 5.41) is 1.33. The summed E-state index contributed by atoms with van der Waals surface area (Å²) in [4.78, 5) is 44.4. The standard InChI is InChI=1S/C25H23ClN2O4/c1-28(25(15-7-6-12-22(25)29)18-9-3-4-10-19(18)26)23(30)16-32-24(31)21-14-13-17-8-2-5-11-20(17)27-21/h2-5,8-11,13-14H,6-7,12,15-16H2,1H3/t25-/m0/s1. The molecule has 1 amide bonds. The highest BCUT2D eigenvalue weighted by Crippen LogP contribution is 2.42. The Kier molecular flexibility index (Phi) is 6.24. The molecule has 3 aromatic rings. The second kappa shape index (κ2) is 9.09. The summed E-state index contributed by atoms with van der Waals surface area (Å²) in [6.45, 7) is -0.497. The van der Waals surface area contributed by atoms with Gasteiger partial charge in [-0.2, -0.15) is 0 Å². The van der Waals surface area contributed by atoms with Crippen LogP contribution >= 0.6 is 11.6 Å². The monoisotopic (exact) mass is 450 g/mol. The van der Waals surface area contributed by atoms with Crippen LogP contribution in [0.25, 0.3) is 10.9 Å². The summed E-state index contributed by atoms with van der Waals surface area (Å²) in [6.07, 6.45) is 2.40. The Balaban J connectivity index is 1.54. The lowest BCUT2D eigenvalue weighted by atomic mass is 9.74. The number of ketones is 1. The van der Waals surface area contributed by atoms with Crippen molar-refractivity contribution in [3.05, 3.63) is 76.9 Å². The van der Waals surface area contributed by atoms with Crippen molar-refractivity contribution in [2.75, 3.05) is 13.7 Å². The molecular weight excluding hydrogens is 428 g/mol. The SMILES string of the molecule is CN(C(=O)COC(=O)c1ccc2ccccc2n1)[C@]1(c2ccccc2Cl)CCCCC1=O. The lowest BCUT2D eigenvalue weighted by Crippen LogP contribution is -2.55. The number of benzene rings is 2. The van der Waals surface area contributed by atoms with Crippen molar-refractivity contribution < 1.29 is 19.1 Å². The van der Waals surface area contributed by atoms with E-state index < -0.39 is 24.0 Å². The molecule has 1 fully saturated rings. The predicted molar refractivity (Wildman–Crippen MR) is 121 cm³/mol. The van der Waals surface area contributed by atoms with E-state index in [0.29, 0.717) is 28.9 Å². The highest BCUT2D eigenvalue weighted by Gasteiger charge is 2.48. The van der Waals surface area contributed by atoms with E-state index in [2.05, 4.69) is 4.98 Å². The molecule has 0 saturated heterocycles. The molecule has 7 heteroatoms. The van der Waals surface area contributed by atoms with E-state index in [4.69, 9.17) is 16.3 Å². The van der Waals surface area contributed by atoms with Gasteiger partial charge in [0.2, 0.25) is 0 Å². The zero-order valence-electron chi connectivity index (χ0n) is 17.7. The van der Waals surface area contributed by atoms with Crippen LogP contribution in [-0.4, -0.2) is 41.2 Å². The summed E-state index contributed by atoms with van der Waals surface area (Å²) >= 11 is 6.43. The van der Waals surface area contributed by atoms with Gasteiger partial charge < -0.3 is 9.64 Å². The first kappa shape index (κ1) is 22.0. The number of carbonyl (C=O) groups is 3. The number of aromatic nitrogens is 1. The average Bonchev–Trinajstić information content (AvgIpc) is 2.82. The fourth-order valence-corrected chi connectivity index (χ4v) is 4.61. The average molecular weight is 451 g/mol. The van der Waals surface area contributed by atoms with Crippen LogP contribution in [0.2, 0.25) is 5.02 Å². The molecule has 1 saturated carbocycles. The van der Waals surface area contributed by atoms with Crippen molar-refractivity contribution in [1.82, 2.24) is 9.88 Å². The van der Waals surface area contributed by atoms with E-state index >= 15 is 0 Å². The number of ether oxygens (including phenoxy) is 1. The smallest absolute Gasteiger partial charge is 0.357 e. The zero-order chi connectivity index (χ0) is 22.7. The van der Waals surface area contributed by atoms with E-state index in [-0.39, 0.29) is 11.5 Å². The largest absolute Gasteiger partial charge is 0.451 e. The van der Waals surface area contributed by atoms with E-state index in [1.807, 2.05) is 18.2 Å². The van der Waals surface area contributed by atoms with Crippen molar-refractivity contribution in [3.8, 4) is 0 Å². The van der Waals surface area contributed by atoms with Gasteiger partial charge in [-0.25, -0.2) is 9.78 Å². The van der Waals surface area contributed by atoms with Crippen LogP contribution in [0.4, 0.5) is 0 Å². The van der Waals surface area contributed by atoms with Gasteiger partial charge in [-0.15, -0.1) is 0 Å². The topological polar surface area (TPSA) is 76.6 Å². The molecule has 1 atom stereocenters. The minimum absolute atomic E-state index is 0.0600. The molecule has 0 spiro atoms. The van der Waals surface area contributed by atoms with Gasteiger partial charge in [0.05, 0.1) is 5.52 Å². The predicted octanol–water partition coefficient (Wildman–Crippen LogP) is 4.54. The molecule has 1 aliphatic rings. The Morgan fingerprint density at radius 1 is 1.06 bits per heavy atom. The molecule has 1 heterocycles. The maximum Gasteiger partial charge on any atom is 0.357 e. The second-order valence-corrected chi connectivity index (χ2v) is 8.30. The number of nitrogens with zero attached hydrogens (tertiary/aromatic N) is 2. The number of rotatable bonds is 5. The molecule has 4 rings (SSSR count). The Labute approximate surface area is 191 Å². The van der Waals surface area contributed by atoms with Gasteiger partial charge in [-0.1, -0.05) is 54.1 Å². The Bertz CT molecular complexity index is 1200. The normalized spacial score (nSPS) is 18.4. The van der Waals surface area contributed by atoms with Gasteiger partial charge >= 0.3 is 5.97 Å². The number of halogens is 1. The fraction of sp³-hybridized carbons (Fsp3) is 0.280. The number of esters is 1. The van der Waals surface area contributed by atoms with Crippen molar-refractivity contribution >= 4 is 40.2 Å². The number of amides is 1. The first-order valence-corrected chi connectivity index (χ1v) is 10.9. The van der Waals surface area contributed by atoms with Crippen LogP contribution in [0.1, 0.15) is 41.7 Å². The van der Waals surface area contributed by atoms with Crippen LogP contribution < -0.4 is 0 Å². The molecule has 1 aromatic heterocycles. The highest BCUT2D eigenvalue weighted by atomic mass is 35.5. The molecule has 2 aromatic carbocycles. The molecule has 6 nitrogen and oxygen atoms in total. The number of para-hydroxylation sites is 1. The number of carbonyl (C=O) groups excluding carboxylic acids is 3. The Morgan fingerprint density at radius 2 is 1.81 bits per heavy atom. The first-order chi connectivity index (χ1) is 15.4. The summed E-state index contributed by atoms with van der Waals surface area (Å²) in [5.74, 6) is -1.23. The molecule has 0 radical (unpaired) electrons. The first-order valence-electron chi connectivity index (χ1n) is 10.5. The third-order valence-corrected chi connectivity index (χ3v) is 6.38. The molecule has 1 aliphatic carbocycles. The van der Waals surface area contributed by atoms with Gasteiger partial charge in [0, 0.05) is 29.4 Å². The van der Waals surface area contributed by atoms with Crippen LogP contribution in [0.3, 0.4) is 0 Å². The molecule has 0 bridgehead atoms. The number of Topliss-reactive ketones (excluding diaryl/α,β-unsaturated/α-hetero) is 1. The molecule has 164 valence electrons. The van der Waals surface area contributed by atoms with Crippen molar-refractivity contribution in [2.24, 2.45) is 0 Å². The number of pyridine rings is 1. The molecule has 32 heavy (non-hydrogen) atoms. The third kappa shape index (κ3) is 3.98. The van der Waals surface area contributed by atoms with Gasteiger partial charge in [0.15, 0.2) is 12.4 Å².